The molecule has 4 rings (SSSR count). The Morgan fingerprint density at radius 2 is 2.15 bits per heavy atom. The lowest BCUT2D eigenvalue weighted by Crippen LogP contribution is -2.41. The van der Waals surface area contributed by atoms with Crippen LogP contribution in [0.1, 0.15) is 19.3 Å². The number of H-pyrrole nitrogens is 1. The van der Waals surface area contributed by atoms with E-state index < -0.39 is 0 Å². The fourth-order valence-electron chi connectivity index (χ4n) is 3.10. The molecule has 7 heteroatoms. The van der Waals surface area contributed by atoms with E-state index >= 15 is 0 Å². The normalized spacial score (nSPS) is 25.3. The van der Waals surface area contributed by atoms with Crippen LogP contribution in [-0.2, 0) is 4.74 Å². The minimum absolute atomic E-state index is 0.00392. The summed E-state index contributed by atoms with van der Waals surface area (Å²) in [5.41, 5.74) is 1.38. The number of hydrogen-bond acceptors (Lipinski definition) is 6. The van der Waals surface area contributed by atoms with E-state index in [0.717, 1.165) is 37.9 Å². The van der Waals surface area contributed by atoms with Gasteiger partial charge in [-0.25, -0.2) is 9.97 Å². The zero-order chi connectivity index (χ0) is 13.4. The van der Waals surface area contributed by atoms with E-state index in [1.165, 1.54) is 6.33 Å². The van der Waals surface area contributed by atoms with Crippen molar-refractivity contribution in [2.24, 2.45) is 0 Å². The topological polar surface area (TPSA) is 85.0 Å². The molecule has 2 N–H and O–H groups in total. The second-order valence-corrected chi connectivity index (χ2v) is 5.47. The molecule has 106 valence electrons. The number of ether oxygens (including phenoxy) is 2. The Morgan fingerprint density at radius 3 is 3.05 bits per heavy atom. The van der Waals surface area contributed by atoms with Crippen molar-refractivity contribution in [1.29, 1.82) is 0 Å². The summed E-state index contributed by atoms with van der Waals surface area (Å²) in [6.45, 7) is 2.66. The Kier molecular flexibility index (Phi) is 2.82. The summed E-state index contributed by atoms with van der Waals surface area (Å²) in [5, 5.41) is 3.37. The van der Waals surface area contributed by atoms with Gasteiger partial charge in [-0.15, -0.1) is 0 Å². The van der Waals surface area contributed by atoms with Crippen LogP contribution < -0.4 is 10.1 Å². The Morgan fingerprint density at radius 1 is 1.25 bits per heavy atom. The van der Waals surface area contributed by atoms with Crippen LogP contribution in [0.4, 0.5) is 0 Å². The van der Waals surface area contributed by atoms with Crippen molar-refractivity contribution in [3.8, 4) is 5.88 Å². The Bertz CT molecular complexity index is 608. The fourth-order valence-corrected chi connectivity index (χ4v) is 3.10. The van der Waals surface area contributed by atoms with Crippen molar-refractivity contribution in [3.05, 3.63) is 12.7 Å². The zero-order valence-corrected chi connectivity index (χ0v) is 11.1. The lowest BCUT2D eigenvalue weighted by molar-refractivity contribution is -0.0205. The Balaban J connectivity index is 1.51. The number of aromatic amines is 1. The van der Waals surface area contributed by atoms with Crippen LogP contribution >= 0.6 is 0 Å². The standard InChI is InChI=1S/C13H17N5O2/c1-3-14-4-2-13(1)5-9(6-19-13)20-12-10-11(16-7-15-10)17-8-18-12/h7-9,14H,1-6H2,(H,15,16,17,18). The Hall–Kier alpha value is -1.73. The van der Waals surface area contributed by atoms with Crippen LogP contribution in [0, 0.1) is 0 Å². The molecule has 7 nitrogen and oxygen atoms in total. The molecular weight excluding hydrogens is 258 g/mol. The molecule has 0 saturated carbocycles. The minimum atomic E-state index is -0.00392. The quantitative estimate of drug-likeness (QED) is 0.836. The van der Waals surface area contributed by atoms with Gasteiger partial charge in [-0.3, -0.25) is 0 Å². The smallest absolute Gasteiger partial charge is 0.243 e. The molecule has 2 fully saturated rings. The molecule has 2 aliphatic rings. The van der Waals surface area contributed by atoms with Crippen molar-refractivity contribution in [2.45, 2.75) is 31.0 Å². The van der Waals surface area contributed by atoms with Gasteiger partial charge in [0.05, 0.1) is 18.5 Å². The molecule has 2 aromatic heterocycles. The van der Waals surface area contributed by atoms with Gasteiger partial charge in [0.1, 0.15) is 17.9 Å². The maximum atomic E-state index is 6.03. The van der Waals surface area contributed by atoms with Crippen molar-refractivity contribution < 1.29 is 9.47 Å². The molecule has 2 aliphatic heterocycles. The van der Waals surface area contributed by atoms with Crippen LogP contribution in [0.15, 0.2) is 12.7 Å². The number of hydrogen-bond donors (Lipinski definition) is 2. The highest BCUT2D eigenvalue weighted by Crippen LogP contribution is 2.35. The van der Waals surface area contributed by atoms with Gasteiger partial charge < -0.3 is 19.8 Å². The monoisotopic (exact) mass is 275 g/mol. The first-order valence-electron chi connectivity index (χ1n) is 7.00. The third kappa shape index (κ3) is 2.03. The van der Waals surface area contributed by atoms with E-state index in [2.05, 4.69) is 25.3 Å². The molecule has 0 aliphatic carbocycles. The van der Waals surface area contributed by atoms with Gasteiger partial charge in [0.25, 0.3) is 0 Å². The van der Waals surface area contributed by atoms with Crippen molar-refractivity contribution in [1.82, 2.24) is 25.3 Å². The zero-order valence-electron chi connectivity index (χ0n) is 11.1. The van der Waals surface area contributed by atoms with Gasteiger partial charge in [-0.1, -0.05) is 0 Å². The number of nitrogens with one attached hydrogen (secondary N) is 2. The van der Waals surface area contributed by atoms with E-state index in [9.17, 15) is 0 Å². The summed E-state index contributed by atoms with van der Waals surface area (Å²) in [5.74, 6) is 0.562. The van der Waals surface area contributed by atoms with Crippen LogP contribution in [0.25, 0.3) is 11.2 Å². The molecular formula is C13H17N5O2. The second kappa shape index (κ2) is 4.68. The molecule has 1 atom stereocenters. The molecule has 2 saturated heterocycles. The van der Waals surface area contributed by atoms with Crippen molar-refractivity contribution in [2.75, 3.05) is 19.7 Å². The highest BCUT2D eigenvalue weighted by Gasteiger charge is 2.42. The SMILES string of the molecule is c1nc(OC2COC3(CCNCC3)C2)c2[nH]cnc2n1. The molecule has 2 aromatic rings. The van der Waals surface area contributed by atoms with Gasteiger partial charge in [0, 0.05) is 6.42 Å². The number of imidazole rings is 1. The number of nitrogens with zero attached hydrogens (tertiary/aromatic N) is 3. The van der Waals surface area contributed by atoms with E-state index in [-0.39, 0.29) is 11.7 Å². The first kappa shape index (κ1) is 12.0. The summed E-state index contributed by atoms with van der Waals surface area (Å²) in [4.78, 5) is 15.4. The first-order valence-corrected chi connectivity index (χ1v) is 7.00. The minimum Gasteiger partial charge on any atom is -0.470 e. The van der Waals surface area contributed by atoms with Gasteiger partial charge in [0.2, 0.25) is 5.88 Å². The molecule has 0 aromatic carbocycles. The number of aromatic nitrogens is 4. The van der Waals surface area contributed by atoms with E-state index in [1.54, 1.807) is 6.33 Å². The van der Waals surface area contributed by atoms with Gasteiger partial charge in [0.15, 0.2) is 5.65 Å². The average Bonchev–Trinajstić information content (AvgIpc) is 3.08. The molecule has 0 bridgehead atoms. The lowest BCUT2D eigenvalue weighted by atomic mass is 9.89. The number of rotatable bonds is 2. The summed E-state index contributed by atoms with van der Waals surface area (Å²) in [7, 11) is 0. The second-order valence-electron chi connectivity index (χ2n) is 5.47. The summed E-state index contributed by atoms with van der Waals surface area (Å²) >= 11 is 0. The van der Waals surface area contributed by atoms with Crippen LogP contribution in [0.5, 0.6) is 5.88 Å². The highest BCUT2D eigenvalue weighted by molar-refractivity contribution is 5.74. The predicted molar refractivity (Wildman–Crippen MR) is 71.5 cm³/mol. The first-order chi connectivity index (χ1) is 9.85. The van der Waals surface area contributed by atoms with Crippen molar-refractivity contribution >= 4 is 11.2 Å². The third-order valence-electron chi connectivity index (χ3n) is 4.16. The summed E-state index contributed by atoms with van der Waals surface area (Å²) in [6, 6.07) is 0. The molecule has 0 radical (unpaired) electrons. The molecule has 1 spiro atoms. The summed E-state index contributed by atoms with van der Waals surface area (Å²) < 4.78 is 12.0. The van der Waals surface area contributed by atoms with Crippen LogP contribution in [0.3, 0.4) is 0 Å². The fraction of sp³-hybridized carbons (Fsp3) is 0.615. The molecule has 0 amide bonds. The molecule has 4 heterocycles. The maximum absolute atomic E-state index is 6.03. The van der Waals surface area contributed by atoms with E-state index in [1.807, 2.05) is 0 Å². The highest BCUT2D eigenvalue weighted by atomic mass is 16.6. The van der Waals surface area contributed by atoms with E-state index in [4.69, 9.17) is 9.47 Å². The van der Waals surface area contributed by atoms with Crippen LogP contribution in [0.2, 0.25) is 0 Å². The van der Waals surface area contributed by atoms with Gasteiger partial charge in [-0.2, -0.15) is 4.98 Å². The lowest BCUT2D eigenvalue weighted by Gasteiger charge is -2.32. The van der Waals surface area contributed by atoms with E-state index in [0.29, 0.717) is 18.1 Å². The number of piperidine rings is 1. The summed E-state index contributed by atoms with van der Waals surface area (Å²) in [6.07, 6.45) is 6.16. The van der Waals surface area contributed by atoms with Crippen LogP contribution in [-0.4, -0.2) is 51.3 Å². The predicted octanol–water partition coefficient (Wildman–Crippen LogP) is 0.643. The van der Waals surface area contributed by atoms with Crippen molar-refractivity contribution in [3.63, 3.8) is 0 Å². The largest absolute Gasteiger partial charge is 0.470 e. The molecule has 20 heavy (non-hydrogen) atoms. The number of fused-ring (bicyclic) bond motifs is 1. The third-order valence-corrected chi connectivity index (χ3v) is 4.16. The average molecular weight is 275 g/mol. The van der Waals surface area contributed by atoms with Gasteiger partial charge in [-0.05, 0) is 25.9 Å². The maximum Gasteiger partial charge on any atom is 0.243 e. The van der Waals surface area contributed by atoms with Gasteiger partial charge >= 0.3 is 0 Å². The Labute approximate surface area is 116 Å². The molecule has 1 unspecified atom stereocenters.